The van der Waals surface area contributed by atoms with Gasteiger partial charge in [0.15, 0.2) is 0 Å². The van der Waals surface area contributed by atoms with Gasteiger partial charge in [0, 0.05) is 24.8 Å². The number of aliphatic hydroxyl groups is 1. The van der Waals surface area contributed by atoms with Gasteiger partial charge in [-0.3, -0.25) is 0 Å². The monoisotopic (exact) mass is 247 g/mol. The van der Waals surface area contributed by atoms with Crippen molar-refractivity contribution in [1.29, 1.82) is 0 Å². The lowest BCUT2D eigenvalue weighted by atomic mass is 10.1. The number of ether oxygens (including phenoxy) is 1. The molecule has 0 aliphatic carbocycles. The maximum Gasteiger partial charge on any atom is 0.123 e. The Hall–Kier alpha value is -1.88. The first-order chi connectivity index (χ1) is 8.72. The van der Waals surface area contributed by atoms with Gasteiger partial charge in [0.25, 0.3) is 0 Å². The molecule has 0 atom stereocenters. The minimum Gasteiger partial charge on any atom is -0.496 e. The molecule has 0 aliphatic heterocycles. The van der Waals surface area contributed by atoms with Crippen molar-refractivity contribution in [3.8, 4) is 5.75 Å². The number of hydrogen-bond donors (Lipinski definition) is 1. The minimum atomic E-state index is 0.0897. The zero-order chi connectivity index (χ0) is 13.0. The Morgan fingerprint density at radius 2 is 2.22 bits per heavy atom. The highest BCUT2D eigenvalue weighted by molar-refractivity contribution is 5.36. The van der Waals surface area contributed by atoms with Gasteiger partial charge in [0.1, 0.15) is 5.75 Å². The highest BCUT2D eigenvalue weighted by Crippen LogP contribution is 2.20. The van der Waals surface area contributed by atoms with Gasteiger partial charge in [0.2, 0.25) is 0 Å². The first-order valence-electron chi connectivity index (χ1n) is 5.86. The molecule has 96 valence electrons. The Labute approximate surface area is 106 Å². The van der Waals surface area contributed by atoms with E-state index in [2.05, 4.69) is 16.4 Å². The van der Waals surface area contributed by atoms with Crippen LogP contribution in [0.15, 0.2) is 24.4 Å². The molecule has 1 N–H and O–H groups in total. The van der Waals surface area contributed by atoms with Crippen LogP contribution in [0.3, 0.4) is 0 Å². The molecule has 5 heteroatoms. The molecule has 18 heavy (non-hydrogen) atoms. The van der Waals surface area contributed by atoms with Gasteiger partial charge in [-0.25, -0.2) is 4.68 Å². The molecule has 0 aliphatic rings. The van der Waals surface area contributed by atoms with Gasteiger partial charge in [-0.1, -0.05) is 22.9 Å². The summed E-state index contributed by atoms with van der Waals surface area (Å²) < 4.78 is 7.08. The minimum absolute atomic E-state index is 0.0897. The standard InChI is InChI=1S/C13H17N3O2/c1-10-3-4-13(18-2)11(7-10)8-16-9-12(5-6-17)14-15-16/h3-4,7,9,17H,5-6,8H2,1-2H3. The maximum absolute atomic E-state index is 8.84. The molecule has 2 rings (SSSR count). The van der Waals surface area contributed by atoms with E-state index in [0.29, 0.717) is 13.0 Å². The number of aliphatic hydroxyl groups excluding tert-OH is 1. The van der Waals surface area contributed by atoms with Crippen molar-refractivity contribution in [2.75, 3.05) is 13.7 Å². The fourth-order valence-corrected chi connectivity index (χ4v) is 1.85. The summed E-state index contributed by atoms with van der Waals surface area (Å²) in [6, 6.07) is 6.04. The summed E-state index contributed by atoms with van der Waals surface area (Å²) in [6.45, 7) is 2.75. The van der Waals surface area contributed by atoms with E-state index in [0.717, 1.165) is 17.0 Å². The number of hydrogen-bond acceptors (Lipinski definition) is 4. The average Bonchev–Trinajstić information content (AvgIpc) is 2.77. The lowest BCUT2D eigenvalue weighted by Gasteiger charge is -2.09. The van der Waals surface area contributed by atoms with Crippen LogP contribution in [0, 0.1) is 6.92 Å². The van der Waals surface area contributed by atoms with Gasteiger partial charge in [-0.15, -0.1) is 5.10 Å². The number of nitrogens with zero attached hydrogens (tertiary/aromatic N) is 3. The van der Waals surface area contributed by atoms with E-state index in [1.165, 1.54) is 5.56 Å². The fraction of sp³-hybridized carbons (Fsp3) is 0.385. The van der Waals surface area contributed by atoms with Gasteiger partial charge in [-0.05, 0) is 13.0 Å². The number of rotatable bonds is 5. The second-order valence-electron chi connectivity index (χ2n) is 4.20. The highest BCUT2D eigenvalue weighted by Gasteiger charge is 2.06. The summed E-state index contributed by atoms with van der Waals surface area (Å²) >= 11 is 0. The maximum atomic E-state index is 8.84. The molecule has 0 saturated heterocycles. The van der Waals surface area contributed by atoms with Gasteiger partial charge in [0.05, 0.1) is 19.3 Å². The molecule has 0 radical (unpaired) electrons. The second-order valence-corrected chi connectivity index (χ2v) is 4.20. The number of benzene rings is 1. The summed E-state index contributed by atoms with van der Waals surface area (Å²) in [4.78, 5) is 0. The van der Waals surface area contributed by atoms with Crippen molar-refractivity contribution < 1.29 is 9.84 Å². The van der Waals surface area contributed by atoms with Crippen LogP contribution in [0.25, 0.3) is 0 Å². The molecule has 5 nitrogen and oxygen atoms in total. The molecule has 2 aromatic rings. The van der Waals surface area contributed by atoms with Gasteiger partial charge >= 0.3 is 0 Å². The predicted molar refractivity (Wildman–Crippen MR) is 67.6 cm³/mol. The summed E-state index contributed by atoms with van der Waals surface area (Å²) in [7, 11) is 1.66. The topological polar surface area (TPSA) is 60.2 Å². The number of aryl methyl sites for hydroxylation is 1. The van der Waals surface area contributed by atoms with Crippen LogP contribution in [-0.4, -0.2) is 33.8 Å². The molecule has 0 bridgehead atoms. The summed E-state index contributed by atoms with van der Waals surface area (Å²) in [6.07, 6.45) is 2.38. The van der Waals surface area contributed by atoms with E-state index >= 15 is 0 Å². The third-order valence-corrected chi connectivity index (χ3v) is 2.72. The van der Waals surface area contributed by atoms with Crippen LogP contribution in [-0.2, 0) is 13.0 Å². The van der Waals surface area contributed by atoms with E-state index in [-0.39, 0.29) is 6.61 Å². The molecule has 1 aromatic carbocycles. The Balaban J connectivity index is 2.19. The Bertz CT molecular complexity index is 523. The Morgan fingerprint density at radius 1 is 1.39 bits per heavy atom. The summed E-state index contributed by atoms with van der Waals surface area (Å²) in [5, 5.41) is 16.9. The van der Waals surface area contributed by atoms with E-state index in [4.69, 9.17) is 9.84 Å². The van der Waals surface area contributed by atoms with E-state index in [1.54, 1.807) is 11.8 Å². The molecule has 1 heterocycles. The van der Waals surface area contributed by atoms with Crippen LogP contribution in [0.4, 0.5) is 0 Å². The van der Waals surface area contributed by atoms with Crippen LogP contribution in [0.5, 0.6) is 5.75 Å². The smallest absolute Gasteiger partial charge is 0.123 e. The van der Waals surface area contributed by atoms with Gasteiger partial charge in [-0.2, -0.15) is 0 Å². The molecule has 0 saturated carbocycles. The zero-order valence-corrected chi connectivity index (χ0v) is 10.6. The fourth-order valence-electron chi connectivity index (χ4n) is 1.85. The molecular weight excluding hydrogens is 230 g/mol. The predicted octanol–water partition coefficient (Wildman–Crippen LogP) is 1.18. The Kier molecular flexibility index (Phi) is 3.94. The number of aromatic nitrogens is 3. The summed E-state index contributed by atoms with van der Waals surface area (Å²) in [5.41, 5.74) is 3.04. The lowest BCUT2D eigenvalue weighted by molar-refractivity contribution is 0.298. The Morgan fingerprint density at radius 3 is 2.94 bits per heavy atom. The van der Waals surface area contributed by atoms with Crippen LogP contribution >= 0.6 is 0 Å². The molecular formula is C13H17N3O2. The third kappa shape index (κ3) is 2.87. The number of methoxy groups -OCH3 is 1. The molecule has 0 spiro atoms. The molecule has 0 fully saturated rings. The quantitative estimate of drug-likeness (QED) is 0.862. The van der Waals surface area contributed by atoms with Crippen LogP contribution in [0.1, 0.15) is 16.8 Å². The molecule has 1 aromatic heterocycles. The molecule has 0 unspecified atom stereocenters. The van der Waals surface area contributed by atoms with Crippen molar-refractivity contribution in [1.82, 2.24) is 15.0 Å². The second kappa shape index (κ2) is 5.64. The van der Waals surface area contributed by atoms with Crippen molar-refractivity contribution in [3.63, 3.8) is 0 Å². The van der Waals surface area contributed by atoms with Crippen molar-refractivity contribution in [2.24, 2.45) is 0 Å². The zero-order valence-electron chi connectivity index (χ0n) is 10.6. The van der Waals surface area contributed by atoms with Crippen LogP contribution < -0.4 is 4.74 Å². The van der Waals surface area contributed by atoms with Crippen molar-refractivity contribution >= 4 is 0 Å². The van der Waals surface area contributed by atoms with Crippen molar-refractivity contribution in [3.05, 3.63) is 41.2 Å². The largest absolute Gasteiger partial charge is 0.496 e. The SMILES string of the molecule is COc1ccc(C)cc1Cn1cc(CCO)nn1. The summed E-state index contributed by atoms with van der Waals surface area (Å²) in [5.74, 6) is 0.847. The lowest BCUT2D eigenvalue weighted by Crippen LogP contribution is -2.03. The molecule has 0 amide bonds. The van der Waals surface area contributed by atoms with E-state index in [1.807, 2.05) is 25.3 Å². The van der Waals surface area contributed by atoms with Crippen LogP contribution in [0.2, 0.25) is 0 Å². The van der Waals surface area contributed by atoms with Crippen molar-refractivity contribution in [2.45, 2.75) is 19.9 Å². The van der Waals surface area contributed by atoms with E-state index < -0.39 is 0 Å². The van der Waals surface area contributed by atoms with Gasteiger partial charge < -0.3 is 9.84 Å². The average molecular weight is 247 g/mol. The first-order valence-corrected chi connectivity index (χ1v) is 5.86. The van der Waals surface area contributed by atoms with E-state index in [9.17, 15) is 0 Å². The first kappa shape index (κ1) is 12.6. The normalized spacial score (nSPS) is 10.6. The highest BCUT2D eigenvalue weighted by atomic mass is 16.5. The third-order valence-electron chi connectivity index (χ3n) is 2.72.